The second-order valence-electron chi connectivity index (χ2n) is 8.62. The third-order valence-electron chi connectivity index (χ3n) is 5.47. The maximum Gasteiger partial charge on any atom is 0.255 e. The third-order valence-corrected chi connectivity index (χ3v) is 6.40. The number of allylic oxidation sites excluding steroid dienone is 3. The van der Waals surface area contributed by atoms with Gasteiger partial charge in [0, 0.05) is 40.0 Å². The van der Waals surface area contributed by atoms with E-state index in [0.29, 0.717) is 17.8 Å². The van der Waals surface area contributed by atoms with Crippen molar-refractivity contribution in [1.82, 2.24) is 10.3 Å². The highest BCUT2D eigenvalue weighted by Gasteiger charge is 2.43. The van der Waals surface area contributed by atoms with Crippen LogP contribution in [-0.4, -0.2) is 16.7 Å². The molecule has 2 aromatic rings. The molecular weight excluding hydrogens is 382 g/mol. The lowest BCUT2D eigenvalue weighted by Crippen LogP contribution is -2.39. The smallest absolute Gasteiger partial charge is 0.255 e. The standard InChI is InChI=1S/C23H25N3O2S/c1-13-7-8-18(24-12-13)26-22(28)19-14(2)25-15-10-23(3,4)11-16(27)20(15)21(19)17-6-5-9-29-17/h5-9,12,21,25H,10-11H2,1-4H3,(H,24,26,28). The monoisotopic (exact) mass is 407 g/mol. The number of nitrogens with one attached hydrogen (secondary N) is 2. The molecule has 1 atom stereocenters. The summed E-state index contributed by atoms with van der Waals surface area (Å²) >= 11 is 1.57. The number of rotatable bonds is 3. The highest BCUT2D eigenvalue weighted by Crippen LogP contribution is 2.47. The fourth-order valence-corrected chi connectivity index (χ4v) is 5.05. The summed E-state index contributed by atoms with van der Waals surface area (Å²) in [5, 5.41) is 8.28. The van der Waals surface area contributed by atoms with Crippen molar-refractivity contribution in [1.29, 1.82) is 0 Å². The molecule has 4 rings (SSSR count). The quantitative estimate of drug-likeness (QED) is 0.774. The van der Waals surface area contributed by atoms with Gasteiger partial charge in [-0.1, -0.05) is 26.0 Å². The summed E-state index contributed by atoms with van der Waals surface area (Å²) in [6.45, 7) is 8.09. The predicted octanol–water partition coefficient (Wildman–Crippen LogP) is 4.69. The van der Waals surface area contributed by atoms with E-state index >= 15 is 0 Å². The first-order valence-corrected chi connectivity index (χ1v) is 10.6. The molecule has 150 valence electrons. The first-order valence-electron chi connectivity index (χ1n) is 9.76. The summed E-state index contributed by atoms with van der Waals surface area (Å²) in [5.74, 6) is 0.0457. The Morgan fingerprint density at radius 2 is 2.03 bits per heavy atom. The van der Waals surface area contributed by atoms with Gasteiger partial charge >= 0.3 is 0 Å². The number of carbonyl (C=O) groups excluding carboxylic acids is 2. The molecule has 5 nitrogen and oxygen atoms in total. The number of anilines is 1. The first-order chi connectivity index (χ1) is 13.7. The van der Waals surface area contributed by atoms with Gasteiger partial charge in [0.15, 0.2) is 5.78 Å². The van der Waals surface area contributed by atoms with Crippen LogP contribution in [0.25, 0.3) is 0 Å². The summed E-state index contributed by atoms with van der Waals surface area (Å²) in [6, 6.07) is 7.67. The number of hydrogen-bond donors (Lipinski definition) is 2. The number of pyridine rings is 1. The Balaban J connectivity index is 1.75. The van der Waals surface area contributed by atoms with Crippen LogP contribution in [0.15, 0.2) is 58.4 Å². The molecule has 0 saturated carbocycles. The van der Waals surface area contributed by atoms with Crippen LogP contribution in [0.1, 0.15) is 50.0 Å². The second-order valence-corrected chi connectivity index (χ2v) is 9.60. The van der Waals surface area contributed by atoms with E-state index in [-0.39, 0.29) is 23.0 Å². The Labute approximate surface area is 174 Å². The van der Waals surface area contributed by atoms with Gasteiger partial charge in [-0.3, -0.25) is 9.59 Å². The predicted molar refractivity (Wildman–Crippen MR) is 116 cm³/mol. The SMILES string of the molecule is CC1=C(C(=O)Nc2ccc(C)cn2)C(c2cccs2)C2=C(CC(C)(C)CC2=O)N1. The zero-order chi connectivity index (χ0) is 20.8. The van der Waals surface area contributed by atoms with Crippen LogP contribution in [0.2, 0.25) is 0 Å². The van der Waals surface area contributed by atoms with E-state index in [0.717, 1.165) is 33.8 Å². The molecule has 0 radical (unpaired) electrons. The van der Waals surface area contributed by atoms with Crippen LogP contribution in [0.5, 0.6) is 0 Å². The molecule has 29 heavy (non-hydrogen) atoms. The van der Waals surface area contributed by atoms with Gasteiger partial charge in [-0.25, -0.2) is 4.98 Å². The summed E-state index contributed by atoms with van der Waals surface area (Å²) in [7, 11) is 0. The van der Waals surface area contributed by atoms with Crippen molar-refractivity contribution >= 4 is 28.8 Å². The molecule has 1 amide bonds. The third kappa shape index (κ3) is 3.77. The van der Waals surface area contributed by atoms with Gasteiger partial charge in [-0.15, -0.1) is 11.3 Å². The summed E-state index contributed by atoms with van der Waals surface area (Å²) in [5.41, 5.74) is 4.00. The van der Waals surface area contributed by atoms with Gasteiger partial charge in [-0.2, -0.15) is 0 Å². The number of aryl methyl sites for hydroxylation is 1. The van der Waals surface area contributed by atoms with Crippen molar-refractivity contribution in [3.8, 4) is 0 Å². The average Bonchev–Trinajstić information content (AvgIpc) is 3.15. The molecule has 6 heteroatoms. The number of aromatic nitrogens is 1. The van der Waals surface area contributed by atoms with Gasteiger partial charge in [0.1, 0.15) is 5.82 Å². The Morgan fingerprint density at radius 3 is 2.69 bits per heavy atom. The number of hydrogen-bond acceptors (Lipinski definition) is 5. The number of thiophene rings is 1. The minimum Gasteiger partial charge on any atom is -0.362 e. The summed E-state index contributed by atoms with van der Waals surface area (Å²) < 4.78 is 0. The molecule has 0 saturated heterocycles. The Morgan fingerprint density at radius 1 is 1.24 bits per heavy atom. The van der Waals surface area contributed by atoms with E-state index in [4.69, 9.17) is 0 Å². The Kier molecular flexibility index (Phi) is 4.90. The number of Topliss-reactive ketones (excluding diaryl/α,β-unsaturated/α-hetero) is 1. The fraction of sp³-hybridized carbons (Fsp3) is 0.348. The Bertz CT molecular complexity index is 1030. The van der Waals surface area contributed by atoms with Crippen LogP contribution >= 0.6 is 11.3 Å². The van der Waals surface area contributed by atoms with Crippen LogP contribution < -0.4 is 10.6 Å². The molecule has 0 spiro atoms. The first kappa shape index (κ1) is 19.6. The molecule has 3 heterocycles. The van der Waals surface area contributed by atoms with Crippen molar-refractivity contribution in [2.75, 3.05) is 5.32 Å². The minimum absolute atomic E-state index is 0.0885. The number of carbonyl (C=O) groups is 2. The van der Waals surface area contributed by atoms with Gasteiger partial charge in [-0.05, 0) is 48.8 Å². The van der Waals surface area contributed by atoms with E-state index in [1.54, 1.807) is 23.6 Å². The van der Waals surface area contributed by atoms with Gasteiger partial charge < -0.3 is 10.6 Å². The summed E-state index contributed by atoms with van der Waals surface area (Å²) in [6.07, 6.45) is 3.00. The number of dihydropyridines is 1. The zero-order valence-corrected chi connectivity index (χ0v) is 17.9. The highest BCUT2D eigenvalue weighted by atomic mass is 32.1. The van der Waals surface area contributed by atoms with Crippen molar-refractivity contribution < 1.29 is 9.59 Å². The van der Waals surface area contributed by atoms with Crippen molar-refractivity contribution in [3.63, 3.8) is 0 Å². The zero-order valence-electron chi connectivity index (χ0n) is 17.1. The van der Waals surface area contributed by atoms with Crippen molar-refractivity contribution in [2.45, 2.75) is 46.5 Å². The second kappa shape index (κ2) is 7.26. The molecule has 2 N–H and O–H groups in total. The van der Waals surface area contributed by atoms with E-state index in [1.807, 2.05) is 37.4 Å². The molecule has 0 bridgehead atoms. The lowest BCUT2D eigenvalue weighted by Gasteiger charge is -2.39. The van der Waals surface area contributed by atoms with Gasteiger partial charge in [0.2, 0.25) is 0 Å². The average molecular weight is 408 g/mol. The number of nitrogens with zero attached hydrogens (tertiary/aromatic N) is 1. The molecule has 1 aliphatic heterocycles. The lowest BCUT2D eigenvalue weighted by atomic mass is 9.69. The van der Waals surface area contributed by atoms with Crippen LogP contribution in [0.4, 0.5) is 5.82 Å². The van der Waals surface area contributed by atoms with Gasteiger partial charge in [0.05, 0.1) is 5.92 Å². The van der Waals surface area contributed by atoms with Crippen LogP contribution in [-0.2, 0) is 9.59 Å². The molecule has 0 aromatic carbocycles. The van der Waals surface area contributed by atoms with Crippen LogP contribution in [0.3, 0.4) is 0 Å². The number of amides is 1. The van der Waals surface area contributed by atoms with Crippen LogP contribution in [0, 0.1) is 12.3 Å². The molecule has 2 aromatic heterocycles. The highest BCUT2D eigenvalue weighted by molar-refractivity contribution is 7.10. The normalized spacial score (nSPS) is 21.0. The van der Waals surface area contributed by atoms with E-state index in [2.05, 4.69) is 29.5 Å². The maximum atomic E-state index is 13.3. The summed E-state index contributed by atoms with van der Waals surface area (Å²) in [4.78, 5) is 31.8. The molecule has 1 unspecified atom stereocenters. The Hall–Kier alpha value is -2.73. The van der Waals surface area contributed by atoms with Crippen molar-refractivity contribution in [2.24, 2.45) is 5.41 Å². The molecular formula is C23H25N3O2S. The maximum absolute atomic E-state index is 13.3. The largest absolute Gasteiger partial charge is 0.362 e. The van der Waals surface area contributed by atoms with E-state index in [9.17, 15) is 9.59 Å². The minimum atomic E-state index is -0.347. The van der Waals surface area contributed by atoms with E-state index in [1.165, 1.54) is 0 Å². The molecule has 0 fully saturated rings. The van der Waals surface area contributed by atoms with E-state index < -0.39 is 0 Å². The molecule has 1 aliphatic carbocycles. The lowest BCUT2D eigenvalue weighted by molar-refractivity contribution is -0.118. The number of ketones is 1. The molecule has 2 aliphatic rings. The topological polar surface area (TPSA) is 71.1 Å². The van der Waals surface area contributed by atoms with Gasteiger partial charge in [0.25, 0.3) is 5.91 Å². The van der Waals surface area contributed by atoms with Crippen molar-refractivity contribution in [3.05, 3.63) is 68.8 Å². The fourth-order valence-electron chi connectivity index (χ4n) is 4.20.